The van der Waals surface area contributed by atoms with E-state index in [1.165, 1.54) is 0 Å². The maximum absolute atomic E-state index is 11.9. The van der Waals surface area contributed by atoms with Gasteiger partial charge in [-0.2, -0.15) is 0 Å². The third-order valence-electron chi connectivity index (χ3n) is 3.20. The molecule has 8 nitrogen and oxygen atoms in total. The number of halogens is 1. The number of rotatable bonds is 11. The molecular weight excluding hydrogens is 463 g/mol. The van der Waals surface area contributed by atoms with Crippen LogP contribution < -0.4 is 16.0 Å². The molecule has 9 heteroatoms. The van der Waals surface area contributed by atoms with Crippen LogP contribution in [0.5, 0.6) is 0 Å². The summed E-state index contributed by atoms with van der Waals surface area (Å²) in [5.74, 6) is 0.698. The van der Waals surface area contributed by atoms with Crippen molar-refractivity contribution in [2.45, 2.75) is 58.6 Å². The molecule has 0 spiro atoms. The van der Waals surface area contributed by atoms with Crippen molar-refractivity contribution in [1.82, 2.24) is 16.0 Å². The Morgan fingerprint density at radius 1 is 1.00 bits per heavy atom. The van der Waals surface area contributed by atoms with Crippen LogP contribution in [-0.4, -0.2) is 70.3 Å². The predicted octanol–water partition coefficient (Wildman–Crippen LogP) is 2.52. The van der Waals surface area contributed by atoms with Crippen molar-refractivity contribution in [2.75, 3.05) is 47.1 Å². The number of ether oxygens (including phenoxy) is 3. The van der Waals surface area contributed by atoms with Crippen LogP contribution in [0, 0.1) is 0 Å². The van der Waals surface area contributed by atoms with Crippen molar-refractivity contribution in [3.05, 3.63) is 0 Å². The lowest BCUT2D eigenvalue weighted by Gasteiger charge is -2.29. The number of nitrogens with one attached hydrogen (secondary N) is 3. The highest BCUT2D eigenvalue weighted by Gasteiger charge is 2.24. The number of methoxy groups -OCH3 is 1. The number of unbranched alkanes of at least 4 members (excludes halogenated alkanes) is 1. The number of hydrogen-bond acceptors (Lipinski definition) is 5. The highest BCUT2D eigenvalue weighted by Crippen LogP contribution is 2.09. The molecule has 0 fully saturated rings. The molecule has 0 aliphatic rings. The summed E-state index contributed by atoms with van der Waals surface area (Å²) in [4.78, 5) is 16.1. The second-order valence-corrected chi connectivity index (χ2v) is 7.68. The van der Waals surface area contributed by atoms with Crippen LogP contribution in [0.15, 0.2) is 4.99 Å². The summed E-state index contributed by atoms with van der Waals surface area (Å²) in [5.41, 5.74) is -0.992. The zero-order chi connectivity index (χ0) is 20.1. The van der Waals surface area contributed by atoms with Gasteiger partial charge in [0, 0.05) is 33.9 Å². The van der Waals surface area contributed by atoms with Crippen LogP contribution in [-0.2, 0) is 14.2 Å². The number of amides is 1. The van der Waals surface area contributed by atoms with Crippen molar-refractivity contribution in [1.29, 1.82) is 0 Å². The fourth-order valence-corrected chi connectivity index (χ4v) is 1.93. The lowest BCUT2D eigenvalue weighted by Crippen LogP contribution is -2.54. The molecule has 0 aromatic carbocycles. The van der Waals surface area contributed by atoms with Gasteiger partial charge < -0.3 is 30.2 Å². The van der Waals surface area contributed by atoms with E-state index in [1.807, 2.05) is 34.6 Å². The predicted molar refractivity (Wildman–Crippen MR) is 120 cm³/mol. The molecular formula is C18H39IN4O4. The van der Waals surface area contributed by atoms with Crippen LogP contribution in [0.1, 0.15) is 47.5 Å². The minimum absolute atomic E-state index is 0. The van der Waals surface area contributed by atoms with Gasteiger partial charge in [0.05, 0.1) is 18.8 Å². The Morgan fingerprint density at radius 3 is 2.22 bits per heavy atom. The van der Waals surface area contributed by atoms with Gasteiger partial charge in [0.15, 0.2) is 5.96 Å². The molecule has 0 aromatic rings. The van der Waals surface area contributed by atoms with Gasteiger partial charge in [-0.1, -0.05) is 0 Å². The Labute approximate surface area is 181 Å². The number of guanidine groups is 1. The van der Waals surface area contributed by atoms with Crippen LogP contribution in [0.2, 0.25) is 0 Å². The standard InChI is InChI=1S/C18H38N4O4.HI/c1-17(2,3)26-16(23)22-18(4,5)14-21-15(19-6)20-10-8-9-11-25-13-12-24-7;/h8-14H2,1-7H3,(H,22,23)(H2,19,20,21);1H. The van der Waals surface area contributed by atoms with E-state index in [0.29, 0.717) is 25.7 Å². The SMILES string of the molecule is CN=C(NCCCCOCCOC)NCC(C)(C)NC(=O)OC(C)(C)C.I. The first-order chi connectivity index (χ1) is 12.1. The highest BCUT2D eigenvalue weighted by molar-refractivity contribution is 14.0. The van der Waals surface area contributed by atoms with Crippen molar-refractivity contribution in [3.63, 3.8) is 0 Å². The van der Waals surface area contributed by atoms with Gasteiger partial charge >= 0.3 is 6.09 Å². The summed E-state index contributed by atoms with van der Waals surface area (Å²) in [5, 5.41) is 9.33. The molecule has 0 aliphatic carbocycles. The molecule has 27 heavy (non-hydrogen) atoms. The third-order valence-corrected chi connectivity index (χ3v) is 3.20. The van der Waals surface area contributed by atoms with Crippen molar-refractivity contribution in [3.8, 4) is 0 Å². The van der Waals surface area contributed by atoms with E-state index >= 15 is 0 Å². The van der Waals surface area contributed by atoms with Gasteiger partial charge in [-0.15, -0.1) is 24.0 Å². The minimum atomic E-state index is -0.515. The van der Waals surface area contributed by atoms with Gasteiger partial charge in [-0.05, 0) is 47.5 Å². The largest absolute Gasteiger partial charge is 0.444 e. The molecule has 0 aromatic heterocycles. The van der Waals surface area contributed by atoms with E-state index in [1.54, 1.807) is 14.2 Å². The summed E-state index contributed by atoms with van der Waals surface area (Å²) in [6, 6.07) is 0. The number of alkyl carbamates (subject to hydrolysis) is 1. The average Bonchev–Trinajstić information content (AvgIpc) is 2.50. The van der Waals surface area contributed by atoms with Gasteiger partial charge in [-0.25, -0.2) is 4.79 Å². The second-order valence-electron chi connectivity index (χ2n) is 7.68. The van der Waals surface area contributed by atoms with E-state index in [-0.39, 0.29) is 24.0 Å². The van der Waals surface area contributed by atoms with Gasteiger partial charge in [0.1, 0.15) is 5.60 Å². The molecule has 0 bridgehead atoms. The number of aliphatic imine (C=N–C) groups is 1. The summed E-state index contributed by atoms with van der Waals surface area (Å²) in [6.07, 6.45) is 1.52. The molecule has 1 amide bonds. The molecule has 0 rings (SSSR count). The highest BCUT2D eigenvalue weighted by atomic mass is 127. The maximum Gasteiger partial charge on any atom is 0.408 e. The van der Waals surface area contributed by atoms with Crippen LogP contribution in [0.3, 0.4) is 0 Å². The molecule has 162 valence electrons. The summed E-state index contributed by atoms with van der Waals surface area (Å²) in [7, 11) is 3.38. The Kier molecular flexibility index (Phi) is 15.9. The average molecular weight is 502 g/mol. The van der Waals surface area contributed by atoms with E-state index < -0.39 is 17.2 Å². The van der Waals surface area contributed by atoms with Crippen LogP contribution >= 0.6 is 24.0 Å². The van der Waals surface area contributed by atoms with Crippen molar-refractivity contribution < 1.29 is 19.0 Å². The Balaban J connectivity index is 0. The fourth-order valence-electron chi connectivity index (χ4n) is 1.93. The van der Waals surface area contributed by atoms with Gasteiger partial charge in [-0.3, -0.25) is 4.99 Å². The van der Waals surface area contributed by atoms with E-state index in [2.05, 4.69) is 20.9 Å². The number of carbonyl (C=O) groups is 1. The molecule has 0 radical (unpaired) electrons. The summed E-state index contributed by atoms with van der Waals surface area (Å²) < 4.78 is 15.6. The molecule has 0 saturated heterocycles. The van der Waals surface area contributed by atoms with E-state index in [0.717, 1.165) is 26.0 Å². The topological polar surface area (TPSA) is 93.2 Å². The van der Waals surface area contributed by atoms with E-state index in [9.17, 15) is 4.79 Å². The van der Waals surface area contributed by atoms with Crippen molar-refractivity contribution >= 4 is 36.0 Å². The third kappa shape index (κ3) is 18.3. The summed E-state index contributed by atoms with van der Waals surface area (Å²) in [6.45, 7) is 12.7. The maximum atomic E-state index is 11.9. The Bertz CT molecular complexity index is 426. The second kappa shape index (κ2) is 15.2. The number of carbonyl (C=O) groups excluding carboxylic acids is 1. The minimum Gasteiger partial charge on any atom is -0.444 e. The molecule has 0 atom stereocenters. The molecule has 0 saturated carbocycles. The Hall–Kier alpha value is -0.810. The lowest BCUT2D eigenvalue weighted by molar-refractivity contribution is 0.0474. The fraction of sp³-hybridized carbons (Fsp3) is 0.889. The van der Waals surface area contributed by atoms with E-state index in [4.69, 9.17) is 14.2 Å². The normalized spacial score (nSPS) is 12.2. The van der Waals surface area contributed by atoms with Crippen molar-refractivity contribution in [2.24, 2.45) is 4.99 Å². The monoisotopic (exact) mass is 502 g/mol. The quantitative estimate of drug-likeness (QED) is 0.174. The lowest BCUT2D eigenvalue weighted by atomic mass is 10.1. The molecule has 0 unspecified atom stereocenters. The molecule has 0 aliphatic heterocycles. The Morgan fingerprint density at radius 2 is 1.67 bits per heavy atom. The van der Waals surface area contributed by atoms with Crippen LogP contribution in [0.25, 0.3) is 0 Å². The zero-order valence-electron chi connectivity index (χ0n) is 17.9. The summed E-state index contributed by atoms with van der Waals surface area (Å²) >= 11 is 0. The number of nitrogens with zero attached hydrogens (tertiary/aromatic N) is 1. The van der Waals surface area contributed by atoms with Crippen LogP contribution in [0.4, 0.5) is 4.79 Å². The molecule has 3 N–H and O–H groups in total. The first kappa shape index (κ1) is 28.4. The first-order valence-electron chi connectivity index (χ1n) is 9.12. The smallest absolute Gasteiger partial charge is 0.408 e. The number of hydrogen-bond donors (Lipinski definition) is 3. The first-order valence-corrected chi connectivity index (χ1v) is 9.12. The van der Waals surface area contributed by atoms with Gasteiger partial charge in [0.2, 0.25) is 0 Å². The zero-order valence-corrected chi connectivity index (χ0v) is 20.3. The van der Waals surface area contributed by atoms with Gasteiger partial charge in [0.25, 0.3) is 0 Å². The molecule has 0 heterocycles.